The van der Waals surface area contributed by atoms with Crippen LogP contribution in [0.25, 0.3) is 0 Å². The van der Waals surface area contributed by atoms with E-state index in [0.29, 0.717) is 0 Å². The second-order valence-electron chi connectivity index (χ2n) is 3.07. The molecule has 0 aliphatic carbocycles. The fourth-order valence-electron chi connectivity index (χ4n) is 0.408. The van der Waals surface area contributed by atoms with Crippen molar-refractivity contribution >= 4 is 0 Å². The van der Waals surface area contributed by atoms with Crippen LogP contribution in [0, 0.1) is 5.92 Å². The molecule has 0 spiro atoms. The lowest BCUT2D eigenvalue weighted by Gasteiger charge is -2.20. The molecule has 0 heterocycles. The number of hydrogen-bond donors (Lipinski definition) is 1. The largest absolute Gasteiger partial charge is 0.366 e. The quantitative estimate of drug-likeness (QED) is 0.646. The fourth-order valence-corrected chi connectivity index (χ4v) is 0.408. The summed E-state index contributed by atoms with van der Waals surface area (Å²) in [5, 5.41) is 8.98. The molecule has 0 fully saturated rings. The topological polar surface area (TPSA) is 29.5 Å². The lowest BCUT2D eigenvalue weighted by atomic mass is 10.2. The number of alkyl halides is 2. The van der Waals surface area contributed by atoms with Gasteiger partial charge in [0.05, 0.1) is 6.61 Å². The molecule has 11 heavy (non-hydrogen) atoms. The van der Waals surface area contributed by atoms with Crippen molar-refractivity contribution < 1.29 is 18.6 Å². The maximum atomic E-state index is 11.8. The fraction of sp³-hybridized carbons (Fsp3) is 1.00. The van der Waals surface area contributed by atoms with Crippen LogP contribution in [0.5, 0.6) is 0 Å². The Balaban J connectivity index is 3.54. The first-order chi connectivity index (χ1) is 4.83. The summed E-state index contributed by atoms with van der Waals surface area (Å²) in [6.45, 7) is 4.06. The Bertz CT molecular complexity index is 109. The Labute approximate surface area is 65.2 Å². The first-order valence-corrected chi connectivity index (χ1v) is 3.47. The summed E-state index contributed by atoms with van der Waals surface area (Å²) in [5.41, 5.74) is 0. The molecular formula is C7H14F2O2. The zero-order valence-corrected chi connectivity index (χ0v) is 6.97. The minimum absolute atomic E-state index is 0.124. The van der Waals surface area contributed by atoms with E-state index >= 15 is 0 Å². The van der Waals surface area contributed by atoms with E-state index in [1.165, 1.54) is 20.8 Å². The van der Waals surface area contributed by atoms with Gasteiger partial charge in [-0.25, -0.2) is 8.78 Å². The van der Waals surface area contributed by atoms with E-state index in [1.807, 2.05) is 0 Å². The van der Waals surface area contributed by atoms with Gasteiger partial charge >= 0.3 is 0 Å². The van der Waals surface area contributed by atoms with Crippen molar-refractivity contribution in [3.05, 3.63) is 0 Å². The number of ether oxygens (including phenoxy) is 1. The van der Waals surface area contributed by atoms with Crippen molar-refractivity contribution in [1.29, 1.82) is 0 Å². The van der Waals surface area contributed by atoms with Crippen LogP contribution in [-0.2, 0) is 4.74 Å². The molecule has 0 aromatic heterocycles. The lowest BCUT2D eigenvalue weighted by molar-refractivity contribution is -0.189. The van der Waals surface area contributed by atoms with Crippen LogP contribution in [0.4, 0.5) is 8.78 Å². The van der Waals surface area contributed by atoms with E-state index in [4.69, 9.17) is 9.84 Å². The molecule has 0 amide bonds. The Morgan fingerprint density at radius 3 is 2.18 bits per heavy atom. The van der Waals surface area contributed by atoms with Gasteiger partial charge in [0.25, 0.3) is 0 Å². The van der Waals surface area contributed by atoms with Crippen LogP contribution in [0.3, 0.4) is 0 Å². The Morgan fingerprint density at radius 1 is 1.45 bits per heavy atom. The molecular weight excluding hydrogens is 154 g/mol. The molecule has 2 nitrogen and oxygen atoms in total. The normalized spacial score (nSPS) is 15.5. The van der Waals surface area contributed by atoms with Crippen LogP contribution in [-0.4, -0.2) is 23.9 Å². The van der Waals surface area contributed by atoms with E-state index < -0.39 is 18.1 Å². The van der Waals surface area contributed by atoms with Gasteiger partial charge < -0.3 is 9.84 Å². The Morgan fingerprint density at radius 2 is 1.91 bits per heavy atom. The summed E-state index contributed by atoms with van der Waals surface area (Å²) >= 11 is 0. The number of rotatable bonds is 4. The highest BCUT2D eigenvalue weighted by Crippen LogP contribution is 2.12. The smallest absolute Gasteiger partial charge is 0.243 e. The van der Waals surface area contributed by atoms with Crippen molar-refractivity contribution in [3.63, 3.8) is 0 Å². The molecule has 1 N–H and O–H groups in total. The monoisotopic (exact) mass is 168 g/mol. The SMILES string of the molecule is C[C@H](COC(C)(C)O)C(F)F. The van der Waals surface area contributed by atoms with Crippen molar-refractivity contribution in [2.45, 2.75) is 33.0 Å². The van der Waals surface area contributed by atoms with Gasteiger partial charge in [-0.15, -0.1) is 0 Å². The van der Waals surface area contributed by atoms with Crippen LogP contribution < -0.4 is 0 Å². The van der Waals surface area contributed by atoms with Crippen molar-refractivity contribution in [1.82, 2.24) is 0 Å². The van der Waals surface area contributed by atoms with Gasteiger partial charge in [-0.3, -0.25) is 0 Å². The summed E-state index contributed by atoms with van der Waals surface area (Å²) in [4.78, 5) is 0. The minimum Gasteiger partial charge on any atom is -0.366 e. The summed E-state index contributed by atoms with van der Waals surface area (Å²) in [5.74, 6) is -2.15. The maximum absolute atomic E-state index is 11.8. The zero-order valence-electron chi connectivity index (χ0n) is 6.97. The van der Waals surface area contributed by atoms with Crippen molar-refractivity contribution in [3.8, 4) is 0 Å². The molecule has 0 aromatic rings. The first kappa shape index (κ1) is 10.8. The second kappa shape index (κ2) is 3.97. The summed E-state index contributed by atoms with van der Waals surface area (Å²) in [6.07, 6.45) is -2.39. The van der Waals surface area contributed by atoms with Gasteiger partial charge in [-0.2, -0.15) is 0 Å². The van der Waals surface area contributed by atoms with Gasteiger partial charge in [-0.1, -0.05) is 6.92 Å². The molecule has 0 saturated heterocycles. The maximum Gasteiger partial charge on any atom is 0.243 e. The Hall–Kier alpha value is -0.220. The van der Waals surface area contributed by atoms with E-state index in [1.54, 1.807) is 0 Å². The second-order valence-corrected chi connectivity index (χ2v) is 3.07. The molecule has 0 aliphatic heterocycles. The Kier molecular flexibility index (Phi) is 3.89. The third kappa shape index (κ3) is 6.19. The average Bonchev–Trinajstić information content (AvgIpc) is 1.80. The third-order valence-corrected chi connectivity index (χ3v) is 1.13. The molecule has 1 atom stereocenters. The van der Waals surface area contributed by atoms with Gasteiger partial charge in [0.1, 0.15) is 0 Å². The highest BCUT2D eigenvalue weighted by molar-refractivity contribution is 4.56. The molecule has 0 bridgehead atoms. The van der Waals surface area contributed by atoms with Gasteiger partial charge in [0.15, 0.2) is 5.79 Å². The van der Waals surface area contributed by atoms with Crippen LogP contribution in [0.15, 0.2) is 0 Å². The predicted octanol–water partition coefficient (Wildman–Crippen LogP) is 1.63. The van der Waals surface area contributed by atoms with Crippen LogP contribution in [0.1, 0.15) is 20.8 Å². The molecule has 4 heteroatoms. The molecule has 0 saturated carbocycles. The number of hydrogen-bond acceptors (Lipinski definition) is 2. The van der Waals surface area contributed by atoms with E-state index in [2.05, 4.69) is 0 Å². The molecule has 0 rings (SSSR count). The van der Waals surface area contributed by atoms with Crippen molar-refractivity contribution in [2.75, 3.05) is 6.61 Å². The van der Waals surface area contributed by atoms with E-state index in [-0.39, 0.29) is 6.61 Å². The summed E-state index contributed by atoms with van der Waals surface area (Å²) in [6, 6.07) is 0. The standard InChI is InChI=1S/C7H14F2O2/c1-5(6(8)9)4-11-7(2,3)10/h5-6,10H,4H2,1-3H3/t5-/m1/s1. The third-order valence-electron chi connectivity index (χ3n) is 1.13. The van der Waals surface area contributed by atoms with Crippen LogP contribution in [0.2, 0.25) is 0 Å². The van der Waals surface area contributed by atoms with Crippen LogP contribution >= 0.6 is 0 Å². The molecule has 68 valence electrons. The first-order valence-electron chi connectivity index (χ1n) is 3.47. The van der Waals surface area contributed by atoms with Crippen molar-refractivity contribution in [2.24, 2.45) is 5.92 Å². The molecule has 0 radical (unpaired) electrons. The molecule has 0 aliphatic rings. The van der Waals surface area contributed by atoms with Gasteiger partial charge in [-0.05, 0) is 13.8 Å². The van der Waals surface area contributed by atoms with E-state index in [0.717, 1.165) is 0 Å². The average molecular weight is 168 g/mol. The number of halogens is 2. The van der Waals surface area contributed by atoms with Gasteiger partial charge in [0, 0.05) is 5.92 Å². The zero-order chi connectivity index (χ0) is 9.07. The molecule has 0 aromatic carbocycles. The molecule has 0 unspecified atom stereocenters. The minimum atomic E-state index is -2.39. The van der Waals surface area contributed by atoms with Gasteiger partial charge in [0.2, 0.25) is 6.43 Å². The van der Waals surface area contributed by atoms with E-state index in [9.17, 15) is 8.78 Å². The summed E-state index contributed by atoms with van der Waals surface area (Å²) < 4.78 is 28.4. The number of aliphatic hydroxyl groups is 1. The summed E-state index contributed by atoms with van der Waals surface area (Å²) in [7, 11) is 0. The lowest BCUT2D eigenvalue weighted by Crippen LogP contribution is -2.27. The highest BCUT2D eigenvalue weighted by atomic mass is 19.3. The highest BCUT2D eigenvalue weighted by Gasteiger charge is 2.19. The predicted molar refractivity (Wildman–Crippen MR) is 37.4 cm³/mol.